The monoisotopic (exact) mass is 523 g/mol. The Morgan fingerprint density at radius 2 is 1.84 bits per heavy atom. The van der Waals surface area contributed by atoms with Gasteiger partial charge < -0.3 is 34.8 Å². The van der Waals surface area contributed by atoms with Crippen LogP contribution in [-0.2, 0) is 20.7 Å². The number of likely N-dealkylation sites (tertiary alicyclic amines) is 2. The standard InChI is InChI=1S/C25H33N9O4/c1-15-14-37-8-7-33(15)24-29-21(17-9-27-23(26)28-10-17)20-4-6-34(22(20)30-24)18-3-5-31(11-18)25(36)38-19-12-32(13-19)16(2)35/h9-10,15,18-19H,3-8,11-14H2,1-2H3,(H2,26,27,28). The van der Waals surface area contributed by atoms with Crippen LogP contribution in [0.15, 0.2) is 12.4 Å². The molecule has 0 aliphatic carbocycles. The molecule has 0 aromatic carbocycles. The van der Waals surface area contributed by atoms with Crippen LogP contribution in [0.5, 0.6) is 0 Å². The smallest absolute Gasteiger partial charge is 0.410 e. The highest BCUT2D eigenvalue weighted by Crippen LogP contribution is 2.38. The summed E-state index contributed by atoms with van der Waals surface area (Å²) in [6.45, 7) is 8.50. The Morgan fingerprint density at radius 3 is 2.58 bits per heavy atom. The van der Waals surface area contributed by atoms with Crippen molar-refractivity contribution < 1.29 is 19.1 Å². The van der Waals surface area contributed by atoms with E-state index < -0.39 is 0 Å². The third kappa shape index (κ3) is 4.55. The highest BCUT2D eigenvalue weighted by Gasteiger charge is 2.39. The summed E-state index contributed by atoms with van der Waals surface area (Å²) in [5.74, 6) is 1.78. The molecule has 38 heavy (non-hydrogen) atoms. The Hall–Kier alpha value is -3.74. The van der Waals surface area contributed by atoms with E-state index in [1.807, 2.05) is 0 Å². The fourth-order valence-corrected chi connectivity index (χ4v) is 5.62. The molecule has 3 saturated heterocycles. The molecule has 2 amide bonds. The van der Waals surface area contributed by atoms with E-state index in [1.165, 1.54) is 6.92 Å². The van der Waals surface area contributed by atoms with Crippen LogP contribution < -0.4 is 15.5 Å². The van der Waals surface area contributed by atoms with Gasteiger partial charge in [-0.3, -0.25) is 4.79 Å². The molecule has 3 fully saturated rings. The minimum Gasteiger partial charge on any atom is -0.442 e. The van der Waals surface area contributed by atoms with Crippen molar-refractivity contribution in [3.05, 3.63) is 18.0 Å². The number of nitrogen functional groups attached to an aromatic ring is 1. The summed E-state index contributed by atoms with van der Waals surface area (Å²) in [4.78, 5) is 50.6. The number of anilines is 3. The number of aromatic nitrogens is 4. The maximum absolute atomic E-state index is 12.8. The highest BCUT2D eigenvalue weighted by molar-refractivity contribution is 5.75. The van der Waals surface area contributed by atoms with Crippen LogP contribution >= 0.6 is 0 Å². The lowest BCUT2D eigenvalue weighted by Gasteiger charge is -2.38. The highest BCUT2D eigenvalue weighted by atomic mass is 16.6. The van der Waals surface area contributed by atoms with Gasteiger partial charge in [0.25, 0.3) is 0 Å². The Labute approximate surface area is 220 Å². The molecule has 0 saturated carbocycles. The predicted octanol–water partition coefficient (Wildman–Crippen LogP) is 0.545. The zero-order valence-electron chi connectivity index (χ0n) is 21.7. The number of nitrogens with two attached hydrogens (primary N) is 1. The molecule has 2 unspecified atom stereocenters. The van der Waals surface area contributed by atoms with E-state index in [1.54, 1.807) is 22.2 Å². The van der Waals surface area contributed by atoms with Crippen molar-refractivity contribution in [3.8, 4) is 11.3 Å². The van der Waals surface area contributed by atoms with Crippen molar-refractivity contribution in [1.29, 1.82) is 0 Å². The molecule has 2 aromatic rings. The van der Waals surface area contributed by atoms with Gasteiger partial charge in [-0.05, 0) is 19.8 Å². The topological polar surface area (TPSA) is 143 Å². The van der Waals surface area contributed by atoms with Crippen molar-refractivity contribution in [1.82, 2.24) is 29.7 Å². The molecule has 202 valence electrons. The summed E-state index contributed by atoms with van der Waals surface area (Å²) < 4.78 is 11.3. The van der Waals surface area contributed by atoms with Crippen LogP contribution in [0.25, 0.3) is 11.3 Å². The molecule has 0 bridgehead atoms. The summed E-state index contributed by atoms with van der Waals surface area (Å²) in [7, 11) is 0. The van der Waals surface area contributed by atoms with E-state index in [-0.39, 0.29) is 36.1 Å². The molecular weight excluding hydrogens is 490 g/mol. The SMILES string of the molecule is CC(=O)N1CC(OC(=O)N2CCC(N3CCc4c(-c5cnc(N)nc5)nc(N5CCOCC5C)nc43)C2)C1. The first-order chi connectivity index (χ1) is 18.4. The molecule has 0 spiro atoms. The lowest BCUT2D eigenvalue weighted by Crippen LogP contribution is -2.55. The average molecular weight is 524 g/mol. The number of fused-ring (bicyclic) bond motifs is 1. The third-order valence-electron chi connectivity index (χ3n) is 7.84. The van der Waals surface area contributed by atoms with Gasteiger partial charge in [-0.2, -0.15) is 4.98 Å². The van der Waals surface area contributed by atoms with E-state index in [2.05, 4.69) is 26.7 Å². The quantitative estimate of drug-likeness (QED) is 0.600. The maximum atomic E-state index is 12.8. The minimum absolute atomic E-state index is 0.00367. The van der Waals surface area contributed by atoms with Gasteiger partial charge in [0.05, 0.1) is 38.0 Å². The number of carbonyl (C=O) groups excluding carboxylic acids is 2. The molecule has 4 aliphatic rings. The summed E-state index contributed by atoms with van der Waals surface area (Å²) in [5.41, 5.74) is 8.42. The van der Waals surface area contributed by atoms with Crippen LogP contribution in [0.2, 0.25) is 0 Å². The first-order valence-electron chi connectivity index (χ1n) is 13.2. The summed E-state index contributed by atoms with van der Waals surface area (Å²) in [5, 5.41) is 0. The van der Waals surface area contributed by atoms with E-state index in [0.717, 1.165) is 42.0 Å². The van der Waals surface area contributed by atoms with Gasteiger partial charge in [-0.25, -0.2) is 19.7 Å². The third-order valence-corrected chi connectivity index (χ3v) is 7.84. The fraction of sp³-hybridized carbons (Fsp3) is 0.600. The molecule has 13 heteroatoms. The summed E-state index contributed by atoms with van der Waals surface area (Å²) in [6, 6.07) is 0.272. The number of ether oxygens (including phenoxy) is 2. The number of morpholine rings is 1. The van der Waals surface area contributed by atoms with E-state index in [4.69, 9.17) is 25.2 Å². The van der Waals surface area contributed by atoms with Gasteiger partial charge in [-0.15, -0.1) is 0 Å². The van der Waals surface area contributed by atoms with Crippen molar-refractivity contribution in [2.24, 2.45) is 0 Å². The van der Waals surface area contributed by atoms with Crippen molar-refractivity contribution in [3.63, 3.8) is 0 Å². The molecule has 6 heterocycles. The molecule has 13 nitrogen and oxygen atoms in total. The van der Waals surface area contributed by atoms with Crippen LogP contribution in [0.3, 0.4) is 0 Å². The minimum atomic E-state index is -0.314. The molecule has 2 atom stereocenters. The van der Waals surface area contributed by atoms with Crippen LogP contribution in [0, 0.1) is 0 Å². The Bertz CT molecular complexity index is 1220. The lowest BCUT2D eigenvalue weighted by atomic mass is 10.1. The summed E-state index contributed by atoms with van der Waals surface area (Å²) >= 11 is 0. The number of hydrogen-bond donors (Lipinski definition) is 1. The average Bonchev–Trinajstić information content (AvgIpc) is 3.53. The Kier molecular flexibility index (Phi) is 6.38. The Balaban J connectivity index is 1.23. The van der Waals surface area contributed by atoms with Gasteiger partial charge >= 0.3 is 6.09 Å². The second-order valence-corrected chi connectivity index (χ2v) is 10.4. The van der Waals surface area contributed by atoms with Crippen molar-refractivity contribution in [2.75, 3.05) is 68.0 Å². The Morgan fingerprint density at radius 1 is 1.05 bits per heavy atom. The number of nitrogens with zero attached hydrogens (tertiary/aromatic N) is 8. The lowest BCUT2D eigenvalue weighted by molar-refractivity contribution is -0.139. The van der Waals surface area contributed by atoms with Gasteiger partial charge in [0.1, 0.15) is 11.9 Å². The molecule has 6 rings (SSSR count). The second-order valence-electron chi connectivity index (χ2n) is 10.4. The predicted molar refractivity (Wildman–Crippen MR) is 139 cm³/mol. The van der Waals surface area contributed by atoms with Gasteiger partial charge in [0, 0.05) is 62.7 Å². The fourth-order valence-electron chi connectivity index (χ4n) is 5.62. The molecule has 2 aromatic heterocycles. The molecule has 0 radical (unpaired) electrons. The number of rotatable bonds is 4. The maximum Gasteiger partial charge on any atom is 0.410 e. The largest absolute Gasteiger partial charge is 0.442 e. The van der Waals surface area contributed by atoms with Crippen LogP contribution in [-0.4, -0.2) is 112 Å². The van der Waals surface area contributed by atoms with E-state index >= 15 is 0 Å². The van der Waals surface area contributed by atoms with Crippen LogP contribution in [0.1, 0.15) is 25.8 Å². The first-order valence-corrected chi connectivity index (χ1v) is 13.2. The van der Waals surface area contributed by atoms with Gasteiger partial charge in [0.2, 0.25) is 17.8 Å². The first kappa shape index (κ1) is 24.6. The molecule has 4 aliphatic heterocycles. The molecule has 2 N–H and O–H groups in total. The molecular formula is C25H33N9O4. The number of hydrogen-bond acceptors (Lipinski definition) is 11. The number of carbonyl (C=O) groups is 2. The number of amides is 2. The van der Waals surface area contributed by atoms with Crippen molar-refractivity contribution >= 4 is 29.7 Å². The summed E-state index contributed by atoms with van der Waals surface area (Å²) in [6.07, 6.45) is 4.49. The normalized spacial score (nSPS) is 23.4. The van der Waals surface area contributed by atoms with Crippen LogP contribution in [0.4, 0.5) is 22.5 Å². The van der Waals surface area contributed by atoms with Gasteiger partial charge in [0.15, 0.2) is 0 Å². The van der Waals surface area contributed by atoms with Crippen molar-refractivity contribution in [2.45, 2.75) is 44.9 Å². The van der Waals surface area contributed by atoms with E-state index in [9.17, 15) is 9.59 Å². The van der Waals surface area contributed by atoms with E-state index in [0.29, 0.717) is 51.9 Å². The zero-order chi connectivity index (χ0) is 26.4. The zero-order valence-corrected chi connectivity index (χ0v) is 21.7. The second kappa shape index (κ2) is 9.86. The van der Waals surface area contributed by atoms with Gasteiger partial charge in [-0.1, -0.05) is 0 Å².